The number of rotatable bonds is 6. The monoisotopic (exact) mass is 384 g/mol. The number of ketones is 1. The fourth-order valence-electron chi connectivity index (χ4n) is 3.47. The summed E-state index contributed by atoms with van der Waals surface area (Å²) in [7, 11) is 0. The highest BCUT2D eigenvalue weighted by Gasteiger charge is 2.26. The van der Waals surface area contributed by atoms with Crippen LogP contribution < -0.4 is 5.32 Å². The van der Waals surface area contributed by atoms with Crippen molar-refractivity contribution in [2.75, 3.05) is 19.6 Å². The van der Waals surface area contributed by atoms with E-state index in [9.17, 15) is 9.59 Å². The van der Waals surface area contributed by atoms with Crippen molar-refractivity contribution >= 4 is 23.0 Å². The standard InChI is InChI=1S/C22H28N2O2S/c1-22(2,3)17-10-8-16(9-11-17)20(25)21(26)23-15-18(19-7-6-14-27-19)24-12-4-5-13-24/h6-11,14,18H,4-5,12-13,15H2,1-3H3,(H,23,26). The molecule has 1 amide bonds. The lowest BCUT2D eigenvalue weighted by Crippen LogP contribution is -2.39. The number of amides is 1. The van der Waals surface area contributed by atoms with Crippen LogP contribution in [0, 0.1) is 0 Å². The number of benzene rings is 1. The van der Waals surface area contributed by atoms with Crippen LogP contribution in [-0.4, -0.2) is 36.2 Å². The van der Waals surface area contributed by atoms with Crippen molar-refractivity contribution in [2.45, 2.75) is 45.1 Å². The van der Waals surface area contributed by atoms with Crippen molar-refractivity contribution in [3.63, 3.8) is 0 Å². The summed E-state index contributed by atoms with van der Waals surface area (Å²) < 4.78 is 0. The highest BCUT2D eigenvalue weighted by molar-refractivity contribution is 7.10. The second-order valence-corrected chi connectivity index (χ2v) is 9.12. The molecule has 1 aliphatic rings. The first kappa shape index (κ1) is 19.8. The van der Waals surface area contributed by atoms with Gasteiger partial charge in [-0.05, 0) is 48.4 Å². The molecule has 1 N–H and O–H groups in total. The maximum Gasteiger partial charge on any atom is 0.292 e. The molecule has 5 heteroatoms. The molecule has 1 aromatic carbocycles. The molecule has 0 spiro atoms. The Morgan fingerprint density at radius 2 is 1.78 bits per heavy atom. The number of thiophene rings is 1. The Morgan fingerprint density at radius 1 is 1.11 bits per heavy atom. The molecule has 144 valence electrons. The van der Waals surface area contributed by atoms with Gasteiger partial charge in [0, 0.05) is 17.0 Å². The third-order valence-electron chi connectivity index (χ3n) is 5.13. The Kier molecular flexibility index (Phi) is 6.12. The van der Waals surface area contributed by atoms with E-state index in [2.05, 4.69) is 42.4 Å². The minimum Gasteiger partial charge on any atom is -0.347 e. The van der Waals surface area contributed by atoms with Crippen LogP contribution in [0.3, 0.4) is 0 Å². The minimum absolute atomic E-state index is 0.0213. The van der Waals surface area contributed by atoms with Gasteiger partial charge in [-0.1, -0.05) is 51.1 Å². The number of carbonyl (C=O) groups excluding carboxylic acids is 2. The molecule has 0 radical (unpaired) electrons. The summed E-state index contributed by atoms with van der Waals surface area (Å²) >= 11 is 1.70. The minimum atomic E-state index is -0.528. The Balaban J connectivity index is 1.64. The predicted octanol–water partition coefficient (Wildman–Crippen LogP) is 4.18. The van der Waals surface area contributed by atoms with E-state index in [-0.39, 0.29) is 11.5 Å². The van der Waals surface area contributed by atoms with Crippen LogP contribution in [0.5, 0.6) is 0 Å². The molecule has 4 nitrogen and oxygen atoms in total. The quantitative estimate of drug-likeness (QED) is 0.600. The summed E-state index contributed by atoms with van der Waals surface area (Å²) in [6, 6.07) is 11.6. The van der Waals surface area contributed by atoms with E-state index in [1.807, 2.05) is 18.2 Å². The second kappa shape index (κ2) is 8.36. The summed E-state index contributed by atoms with van der Waals surface area (Å²) in [5.74, 6) is -0.999. The Bertz CT molecular complexity index is 770. The van der Waals surface area contributed by atoms with Crippen LogP contribution in [0.4, 0.5) is 0 Å². The molecule has 1 fully saturated rings. The lowest BCUT2D eigenvalue weighted by Gasteiger charge is -2.26. The maximum absolute atomic E-state index is 12.5. The number of likely N-dealkylation sites (tertiary alicyclic amines) is 1. The lowest BCUT2D eigenvalue weighted by molar-refractivity contribution is -0.117. The van der Waals surface area contributed by atoms with E-state index in [0.29, 0.717) is 12.1 Å². The highest BCUT2D eigenvalue weighted by atomic mass is 32.1. The number of carbonyl (C=O) groups is 2. The van der Waals surface area contributed by atoms with Gasteiger partial charge in [0.05, 0.1) is 6.04 Å². The fraction of sp³-hybridized carbons (Fsp3) is 0.455. The maximum atomic E-state index is 12.5. The number of hydrogen-bond donors (Lipinski definition) is 1. The van der Waals surface area contributed by atoms with Gasteiger partial charge in [0.25, 0.3) is 5.91 Å². The van der Waals surface area contributed by atoms with Crippen LogP contribution >= 0.6 is 11.3 Å². The van der Waals surface area contributed by atoms with E-state index in [4.69, 9.17) is 0 Å². The molecule has 27 heavy (non-hydrogen) atoms. The van der Waals surface area contributed by atoms with Gasteiger partial charge in [0.15, 0.2) is 0 Å². The SMILES string of the molecule is CC(C)(C)c1ccc(C(=O)C(=O)NCC(c2cccs2)N2CCCC2)cc1. The lowest BCUT2D eigenvalue weighted by atomic mass is 9.86. The third-order valence-corrected chi connectivity index (χ3v) is 6.10. The van der Waals surface area contributed by atoms with E-state index in [1.54, 1.807) is 23.5 Å². The molecule has 3 rings (SSSR count). The number of hydrogen-bond acceptors (Lipinski definition) is 4. The normalized spacial score (nSPS) is 16.3. The van der Waals surface area contributed by atoms with Crippen molar-refractivity contribution in [3.05, 3.63) is 57.8 Å². The van der Waals surface area contributed by atoms with Gasteiger partial charge in [-0.3, -0.25) is 14.5 Å². The first-order valence-electron chi connectivity index (χ1n) is 9.57. The molecular weight excluding hydrogens is 356 g/mol. The van der Waals surface area contributed by atoms with Crippen LogP contribution in [0.1, 0.15) is 60.5 Å². The van der Waals surface area contributed by atoms with Gasteiger partial charge < -0.3 is 5.32 Å². The van der Waals surface area contributed by atoms with Gasteiger partial charge in [-0.25, -0.2) is 0 Å². The van der Waals surface area contributed by atoms with Gasteiger partial charge in [-0.2, -0.15) is 0 Å². The van der Waals surface area contributed by atoms with E-state index in [1.165, 1.54) is 17.7 Å². The van der Waals surface area contributed by atoms with E-state index in [0.717, 1.165) is 18.7 Å². The van der Waals surface area contributed by atoms with Crippen LogP contribution in [0.15, 0.2) is 41.8 Å². The molecule has 1 saturated heterocycles. The summed E-state index contributed by atoms with van der Waals surface area (Å²) in [6.07, 6.45) is 2.38. The number of Topliss-reactive ketones (excluding diaryl/α,β-unsaturated/α-hetero) is 1. The summed E-state index contributed by atoms with van der Waals surface area (Å²) in [4.78, 5) is 28.6. The van der Waals surface area contributed by atoms with Crippen molar-refractivity contribution in [2.24, 2.45) is 0 Å². The number of nitrogens with zero attached hydrogens (tertiary/aromatic N) is 1. The predicted molar refractivity (Wildman–Crippen MR) is 110 cm³/mol. The zero-order valence-corrected chi connectivity index (χ0v) is 17.1. The van der Waals surface area contributed by atoms with Crippen LogP contribution in [0.2, 0.25) is 0 Å². The Labute approximate surface area is 165 Å². The molecule has 0 saturated carbocycles. The highest BCUT2D eigenvalue weighted by Crippen LogP contribution is 2.28. The second-order valence-electron chi connectivity index (χ2n) is 8.14. The van der Waals surface area contributed by atoms with E-state index >= 15 is 0 Å². The molecule has 1 atom stereocenters. The molecule has 1 unspecified atom stereocenters. The average molecular weight is 385 g/mol. The molecule has 2 heterocycles. The van der Waals surface area contributed by atoms with E-state index < -0.39 is 11.7 Å². The van der Waals surface area contributed by atoms with Crippen molar-refractivity contribution in [3.8, 4) is 0 Å². The van der Waals surface area contributed by atoms with Gasteiger partial charge in [0.2, 0.25) is 5.78 Å². The first-order chi connectivity index (χ1) is 12.9. The van der Waals surface area contributed by atoms with Crippen molar-refractivity contribution in [1.29, 1.82) is 0 Å². The molecule has 1 aliphatic heterocycles. The van der Waals surface area contributed by atoms with Gasteiger partial charge in [0.1, 0.15) is 0 Å². The fourth-order valence-corrected chi connectivity index (χ4v) is 4.33. The summed E-state index contributed by atoms with van der Waals surface area (Å²) in [6.45, 7) is 8.92. The molecule has 2 aromatic rings. The average Bonchev–Trinajstić information content (AvgIpc) is 3.35. The van der Waals surface area contributed by atoms with Gasteiger partial charge >= 0.3 is 0 Å². The van der Waals surface area contributed by atoms with Crippen LogP contribution in [-0.2, 0) is 10.2 Å². The zero-order chi connectivity index (χ0) is 19.4. The Morgan fingerprint density at radius 3 is 2.33 bits per heavy atom. The molecular formula is C22H28N2O2S. The van der Waals surface area contributed by atoms with Crippen molar-refractivity contribution in [1.82, 2.24) is 10.2 Å². The smallest absolute Gasteiger partial charge is 0.292 e. The molecule has 0 aliphatic carbocycles. The largest absolute Gasteiger partial charge is 0.347 e. The zero-order valence-electron chi connectivity index (χ0n) is 16.3. The van der Waals surface area contributed by atoms with Crippen LogP contribution in [0.25, 0.3) is 0 Å². The summed E-state index contributed by atoms with van der Waals surface area (Å²) in [5.41, 5.74) is 1.61. The molecule has 0 bridgehead atoms. The topological polar surface area (TPSA) is 49.4 Å². The third kappa shape index (κ3) is 4.85. The Hall–Kier alpha value is -1.98. The molecule has 1 aromatic heterocycles. The summed E-state index contributed by atoms with van der Waals surface area (Å²) in [5, 5.41) is 4.93. The number of nitrogens with one attached hydrogen (secondary N) is 1. The van der Waals surface area contributed by atoms with Gasteiger partial charge in [-0.15, -0.1) is 11.3 Å². The first-order valence-corrected chi connectivity index (χ1v) is 10.4. The van der Waals surface area contributed by atoms with Crippen molar-refractivity contribution < 1.29 is 9.59 Å².